The fraction of sp³-hybridized carbons (Fsp3) is 0.467. The van der Waals surface area contributed by atoms with Gasteiger partial charge in [-0.25, -0.2) is 0 Å². The molecule has 1 aromatic carbocycles. The third-order valence-electron chi connectivity index (χ3n) is 2.79. The lowest BCUT2D eigenvalue weighted by Gasteiger charge is -2.04. The highest BCUT2D eigenvalue weighted by Gasteiger charge is 1.99. The van der Waals surface area contributed by atoms with Crippen molar-refractivity contribution in [1.29, 1.82) is 0 Å². The van der Waals surface area contributed by atoms with Crippen LogP contribution in [0.3, 0.4) is 0 Å². The molecule has 0 aliphatic heterocycles. The second kappa shape index (κ2) is 8.29. The maximum absolute atomic E-state index is 10.8. The van der Waals surface area contributed by atoms with Crippen molar-refractivity contribution in [1.82, 2.24) is 0 Å². The first-order valence-corrected chi connectivity index (χ1v) is 6.57. The number of benzene rings is 1. The number of aliphatic carboxylic acids is 1. The third kappa shape index (κ3) is 7.24. The van der Waals surface area contributed by atoms with Crippen LogP contribution in [-0.2, 0) is 16.0 Å². The maximum Gasteiger partial charge on any atom is 0.308 e. The van der Waals surface area contributed by atoms with E-state index < -0.39 is 5.97 Å². The Bertz CT molecular complexity index is 409. The smallest absolute Gasteiger partial charge is 0.308 e. The van der Waals surface area contributed by atoms with Crippen LogP contribution in [0.1, 0.15) is 44.6 Å². The molecule has 0 saturated heterocycles. The first kappa shape index (κ1) is 15.2. The van der Waals surface area contributed by atoms with E-state index in [2.05, 4.69) is 0 Å². The number of hydrogen-bond donors (Lipinski definition) is 1. The molecule has 0 heterocycles. The first-order valence-electron chi connectivity index (χ1n) is 6.57. The number of esters is 1. The van der Waals surface area contributed by atoms with E-state index in [0.29, 0.717) is 5.75 Å². The summed E-state index contributed by atoms with van der Waals surface area (Å²) in [6, 6.07) is 7.49. The maximum atomic E-state index is 10.8. The molecule has 0 atom stereocenters. The quantitative estimate of drug-likeness (QED) is 0.445. The van der Waals surface area contributed by atoms with Crippen molar-refractivity contribution in [3.63, 3.8) is 0 Å². The van der Waals surface area contributed by atoms with Gasteiger partial charge in [0.1, 0.15) is 5.75 Å². The van der Waals surface area contributed by atoms with Crippen molar-refractivity contribution in [2.24, 2.45) is 0 Å². The Morgan fingerprint density at radius 2 is 1.68 bits per heavy atom. The summed E-state index contributed by atoms with van der Waals surface area (Å²) in [5.74, 6) is -0.468. The van der Waals surface area contributed by atoms with Gasteiger partial charge in [-0.2, -0.15) is 0 Å². The molecule has 104 valence electrons. The molecule has 0 aliphatic rings. The lowest BCUT2D eigenvalue weighted by atomic mass is 10.1. The van der Waals surface area contributed by atoms with Crippen molar-refractivity contribution < 1.29 is 19.4 Å². The van der Waals surface area contributed by atoms with Gasteiger partial charge in [0.15, 0.2) is 0 Å². The normalized spacial score (nSPS) is 10.2. The molecule has 0 fully saturated rings. The Balaban J connectivity index is 2.19. The van der Waals surface area contributed by atoms with Gasteiger partial charge in [0.25, 0.3) is 0 Å². The molecule has 1 N–H and O–H groups in total. The molecular formula is C15H20O4. The monoisotopic (exact) mass is 264 g/mol. The topological polar surface area (TPSA) is 63.6 Å². The summed E-state index contributed by atoms with van der Waals surface area (Å²) in [6.45, 7) is 1.38. The van der Waals surface area contributed by atoms with Crippen molar-refractivity contribution in [3.8, 4) is 5.75 Å². The second-order valence-corrected chi connectivity index (χ2v) is 4.55. The minimum absolute atomic E-state index is 0.261. The van der Waals surface area contributed by atoms with E-state index >= 15 is 0 Å². The van der Waals surface area contributed by atoms with Crippen LogP contribution in [0.25, 0.3) is 0 Å². The molecule has 1 rings (SSSR count). The van der Waals surface area contributed by atoms with Gasteiger partial charge in [-0.05, 0) is 37.0 Å². The highest BCUT2D eigenvalue weighted by Crippen LogP contribution is 2.15. The zero-order valence-corrected chi connectivity index (χ0v) is 11.2. The van der Waals surface area contributed by atoms with Gasteiger partial charge in [-0.3, -0.25) is 9.59 Å². The molecule has 19 heavy (non-hydrogen) atoms. The van der Waals surface area contributed by atoms with Crippen LogP contribution < -0.4 is 4.74 Å². The van der Waals surface area contributed by atoms with Gasteiger partial charge < -0.3 is 9.84 Å². The minimum atomic E-state index is -0.721. The van der Waals surface area contributed by atoms with Gasteiger partial charge >= 0.3 is 11.9 Å². The molecule has 0 amide bonds. The number of carboxylic acid groups (broad SMARTS) is 1. The number of aryl methyl sites for hydroxylation is 1. The van der Waals surface area contributed by atoms with Crippen molar-refractivity contribution in [2.45, 2.75) is 45.4 Å². The Morgan fingerprint density at radius 3 is 2.26 bits per heavy atom. The summed E-state index contributed by atoms with van der Waals surface area (Å²) in [6.07, 6.45) is 5.02. The van der Waals surface area contributed by atoms with Gasteiger partial charge in [0.05, 0.1) is 0 Å². The summed E-state index contributed by atoms with van der Waals surface area (Å²) >= 11 is 0. The summed E-state index contributed by atoms with van der Waals surface area (Å²) in [5.41, 5.74) is 1.20. The van der Waals surface area contributed by atoms with Gasteiger partial charge in [0, 0.05) is 13.3 Å². The molecular weight excluding hydrogens is 244 g/mol. The van der Waals surface area contributed by atoms with Crippen molar-refractivity contribution in [3.05, 3.63) is 29.8 Å². The first-order chi connectivity index (χ1) is 9.08. The van der Waals surface area contributed by atoms with E-state index in [1.807, 2.05) is 12.1 Å². The Labute approximate surface area is 113 Å². The summed E-state index contributed by atoms with van der Waals surface area (Å²) in [7, 11) is 0. The Hall–Kier alpha value is -1.84. The fourth-order valence-electron chi connectivity index (χ4n) is 1.85. The number of hydrogen-bond acceptors (Lipinski definition) is 3. The highest BCUT2D eigenvalue weighted by atomic mass is 16.5. The lowest BCUT2D eigenvalue weighted by Crippen LogP contribution is -2.01. The lowest BCUT2D eigenvalue weighted by molar-refractivity contribution is -0.137. The average Bonchev–Trinajstić information content (AvgIpc) is 2.34. The summed E-state index contributed by atoms with van der Waals surface area (Å²) < 4.78 is 4.95. The van der Waals surface area contributed by atoms with Crippen LogP contribution in [0.4, 0.5) is 0 Å². The van der Waals surface area contributed by atoms with Gasteiger partial charge in [0.2, 0.25) is 0 Å². The molecule has 0 saturated carbocycles. The molecule has 0 aromatic heterocycles. The molecule has 1 aromatic rings. The largest absolute Gasteiger partial charge is 0.481 e. The second-order valence-electron chi connectivity index (χ2n) is 4.55. The predicted octanol–water partition coefficient (Wildman–Crippen LogP) is 3.19. The molecule has 0 radical (unpaired) electrons. The van der Waals surface area contributed by atoms with Crippen LogP contribution in [0.2, 0.25) is 0 Å². The zero-order valence-electron chi connectivity index (χ0n) is 11.2. The standard InChI is InChI=1S/C15H20O4/c1-12(16)19-14-10-8-13(9-11-14)6-4-2-3-5-7-15(17)18/h8-11H,2-7H2,1H3,(H,17,18). The molecule has 0 unspecified atom stereocenters. The van der Waals surface area contributed by atoms with E-state index in [4.69, 9.17) is 9.84 Å². The van der Waals surface area contributed by atoms with Crippen molar-refractivity contribution in [2.75, 3.05) is 0 Å². The number of carboxylic acids is 1. The van der Waals surface area contributed by atoms with Crippen LogP contribution in [0, 0.1) is 0 Å². The summed E-state index contributed by atoms with van der Waals surface area (Å²) in [5, 5.41) is 8.50. The average molecular weight is 264 g/mol. The van der Waals surface area contributed by atoms with Gasteiger partial charge in [-0.15, -0.1) is 0 Å². The predicted molar refractivity (Wildman–Crippen MR) is 72.2 cm³/mol. The molecule has 0 aliphatic carbocycles. The van der Waals surface area contributed by atoms with Crippen LogP contribution in [0.5, 0.6) is 5.75 Å². The van der Waals surface area contributed by atoms with E-state index in [9.17, 15) is 9.59 Å². The van der Waals surface area contributed by atoms with Crippen LogP contribution >= 0.6 is 0 Å². The van der Waals surface area contributed by atoms with E-state index in [-0.39, 0.29) is 12.4 Å². The van der Waals surface area contributed by atoms with E-state index in [1.165, 1.54) is 12.5 Å². The molecule has 0 spiro atoms. The number of carbonyl (C=O) groups excluding carboxylic acids is 1. The molecule has 4 heteroatoms. The molecule has 4 nitrogen and oxygen atoms in total. The fourth-order valence-corrected chi connectivity index (χ4v) is 1.85. The van der Waals surface area contributed by atoms with Crippen molar-refractivity contribution >= 4 is 11.9 Å². The number of carbonyl (C=O) groups is 2. The Morgan fingerprint density at radius 1 is 1.05 bits per heavy atom. The molecule has 0 bridgehead atoms. The van der Waals surface area contributed by atoms with E-state index in [0.717, 1.165) is 32.1 Å². The SMILES string of the molecule is CC(=O)Oc1ccc(CCCCCCC(=O)O)cc1. The van der Waals surface area contributed by atoms with E-state index in [1.54, 1.807) is 12.1 Å². The number of rotatable bonds is 8. The third-order valence-corrected chi connectivity index (χ3v) is 2.79. The van der Waals surface area contributed by atoms with Crippen LogP contribution in [0.15, 0.2) is 24.3 Å². The highest BCUT2D eigenvalue weighted by molar-refractivity contribution is 5.69. The summed E-state index contributed by atoms with van der Waals surface area (Å²) in [4.78, 5) is 21.1. The van der Waals surface area contributed by atoms with Gasteiger partial charge in [-0.1, -0.05) is 25.0 Å². The number of ether oxygens (including phenoxy) is 1. The Kier molecular flexibility index (Phi) is 6.64. The van der Waals surface area contributed by atoms with Crippen LogP contribution in [-0.4, -0.2) is 17.0 Å². The number of unbranched alkanes of at least 4 members (excludes halogenated alkanes) is 3. The minimum Gasteiger partial charge on any atom is -0.481 e. The zero-order chi connectivity index (χ0) is 14.1.